The van der Waals surface area contributed by atoms with Gasteiger partial charge in [0.15, 0.2) is 0 Å². The molecule has 0 aromatic rings. The molecular formula is C3HF6LiO. The minimum atomic E-state index is -5.79. The van der Waals surface area contributed by atoms with Crippen LogP contribution in [0.5, 0.6) is 0 Å². The molecule has 0 aliphatic rings. The maximum atomic E-state index is 11.2. The predicted molar refractivity (Wildman–Crippen MR) is 15.9 cm³/mol. The second-order valence-electron chi connectivity index (χ2n) is 1.47. The van der Waals surface area contributed by atoms with E-state index >= 15 is 0 Å². The molecule has 0 aromatic heterocycles. The van der Waals surface area contributed by atoms with Crippen molar-refractivity contribution in [2.75, 3.05) is 0 Å². The largest absolute Gasteiger partial charge is 1.00 e. The SMILES string of the molecule is [Li+].[O-]C(F)(F)C(F)C(F)(F)F. The Morgan fingerprint density at radius 1 is 1.00 bits per heavy atom. The van der Waals surface area contributed by atoms with E-state index in [9.17, 15) is 26.3 Å². The zero-order valence-corrected chi connectivity index (χ0v) is 5.25. The van der Waals surface area contributed by atoms with Crippen molar-refractivity contribution in [1.29, 1.82) is 0 Å². The van der Waals surface area contributed by atoms with Crippen LogP contribution in [0, 0.1) is 0 Å². The summed E-state index contributed by atoms with van der Waals surface area (Å²) in [5.41, 5.74) is 0. The molecule has 0 rings (SSSR count). The Morgan fingerprint density at radius 2 is 1.27 bits per heavy atom. The Morgan fingerprint density at radius 3 is 1.27 bits per heavy atom. The second-order valence-corrected chi connectivity index (χ2v) is 1.47. The molecule has 62 valence electrons. The first-order valence-electron chi connectivity index (χ1n) is 1.94. The van der Waals surface area contributed by atoms with Crippen molar-refractivity contribution < 1.29 is 50.3 Å². The van der Waals surface area contributed by atoms with Crippen LogP contribution < -0.4 is 24.0 Å². The van der Waals surface area contributed by atoms with E-state index in [0.29, 0.717) is 0 Å². The number of rotatable bonds is 1. The Balaban J connectivity index is 0. The van der Waals surface area contributed by atoms with Crippen LogP contribution >= 0.6 is 0 Å². The van der Waals surface area contributed by atoms with Gasteiger partial charge in [-0.15, -0.1) is 0 Å². The molecule has 0 bridgehead atoms. The first-order chi connectivity index (χ1) is 4.15. The molecule has 0 saturated carbocycles. The van der Waals surface area contributed by atoms with Gasteiger partial charge >= 0.3 is 25.0 Å². The average Bonchev–Trinajstić information content (AvgIpc) is 1.59. The fourth-order valence-electron chi connectivity index (χ4n) is 0.191. The van der Waals surface area contributed by atoms with Crippen molar-refractivity contribution in [2.24, 2.45) is 0 Å². The van der Waals surface area contributed by atoms with Crippen LogP contribution in [0.15, 0.2) is 0 Å². The quantitative estimate of drug-likeness (QED) is 0.328. The van der Waals surface area contributed by atoms with Crippen molar-refractivity contribution in [2.45, 2.75) is 18.5 Å². The summed E-state index contributed by atoms with van der Waals surface area (Å²) in [7, 11) is 0. The summed E-state index contributed by atoms with van der Waals surface area (Å²) in [4.78, 5) is 0. The van der Waals surface area contributed by atoms with Gasteiger partial charge in [-0.2, -0.15) is 13.2 Å². The number of hydrogen-bond acceptors (Lipinski definition) is 1. The first-order valence-corrected chi connectivity index (χ1v) is 1.94. The van der Waals surface area contributed by atoms with Crippen molar-refractivity contribution >= 4 is 0 Å². The van der Waals surface area contributed by atoms with Gasteiger partial charge in [-0.05, 0) is 0 Å². The van der Waals surface area contributed by atoms with Gasteiger partial charge in [-0.25, -0.2) is 13.2 Å². The second kappa shape index (κ2) is 3.69. The molecule has 1 nitrogen and oxygen atoms in total. The summed E-state index contributed by atoms with van der Waals surface area (Å²) in [5, 5.41) is 9.02. The molecule has 8 heteroatoms. The van der Waals surface area contributed by atoms with Crippen LogP contribution in [0.3, 0.4) is 0 Å². The molecule has 0 aromatic carbocycles. The van der Waals surface area contributed by atoms with Gasteiger partial charge in [0.25, 0.3) is 0 Å². The van der Waals surface area contributed by atoms with Gasteiger partial charge in [0.2, 0.25) is 12.3 Å². The van der Waals surface area contributed by atoms with E-state index in [1.54, 1.807) is 0 Å². The third-order valence-electron chi connectivity index (χ3n) is 0.582. The number of halogens is 6. The maximum absolute atomic E-state index is 11.2. The van der Waals surface area contributed by atoms with Crippen molar-refractivity contribution in [1.82, 2.24) is 0 Å². The molecule has 1 unspecified atom stereocenters. The molecule has 0 radical (unpaired) electrons. The zero-order valence-electron chi connectivity index (χ0n) is 5.25. The standard InChI is InChI=1S/C3HF6O.Li/c4-1(2(5,6)7)3(8,9)10;/h1H;/q-1;+1. The first kappa shape index (κ1) is 13.7. The van der Waals surface area contributed by atoms with Crippen LogP contribution in [-0.4, -0.2) is 18.5 Å². The zero-order chi connectivity index (χ0) is 8.58. The minimum Gasteiger partial charge on any atom is -0.796 e. The van der Waals surface area contributed by atoms with Gasteiger partial charge in [0.05, 0.1) is 0 Å². The molecule has 0 amide bonds. The van der Waals surface area contributed by atoms with Crippen LogP contribution in [0.4, 0.5) is 26.3 Å². The Kier molecular flexibility index (Phi) is 4.60. The fourth-order valence-corrected chi connectivity index (χ4v) is 0.191. The molecule has 0 aliphatic carbocycles. The molecular weight excluding hydrogens is 173 g/mol. The van der Waals surface area contributed by atoms with E-state index in [0.717, 1.165) is 0 Å². The van der Waals surface area contributed by atoms with Crippen molar-refractivity contribution in [3.63, 3.8) is 0 Å². The normalized spacial score (nSPS) is 15.5. The molecule has 0 fully saturated rings. The van der Waals surface area contributed by atoms with Gasteiger partial charge in [0, 0.05) is 0 Å². The Bertz CT molecular complexity index is 102. The molecule has 0 saturated heterocycles. The van der Waals surface area contributed by atoms with E-state index in [1.807, 2.05) is 0 Å². The Hall–Kier alpha value is 0.137. The monoisotopic (exact) mass is 174 g/mol. The molecule has 1 atom stereocenters. The third kappa shape index (κ3) is 4.56. The molecule has 0 spiro atoms. The van der Waals surface area contributed by atoms with E-state index in [-0.39, 0.29) is 18.9 Å². The topological polar surface area (TPSA) is 23.1 Å². The molecule has 11 heavy (non-hydrogen) atoms. The van der Waals surface area contributed by atoms with Crippen LogP contribution in [0.1, 0.15) is 0 Å². The summed E-state index contributed by atoms with van der Waals surface area (Å²) >= 11 is 0. The Labute approximate surface area is 69.6 Å². The maximum Gasteiger partial charge on any atom is 1.00 e. The minimum absolute atomic E-state index is 0. The number of alkyl halides is 6. The van der Waals surface area contributed by atoms with E-state index in [2.05, 4.69) is 0 Å². The van der Waals surface area contributed by atoms with Crippen LogP contribution in [0.25, 0.3) is 0 Å². The van der Waals surface area contributed by atoms with E-state index in [1.165, 1.54) is 0 Å². The van der Waals surface area contributed by atoms with Crippen molar-refractivity contribution in [3.05, 3.63) is 0 Å². The summed E-state index contributed by atoms with van der Waals surface area (Å²) in [6.07, 6.45) is -16.0. The smallest absolute Gasteiger partial charge is 0.796 e. The van der Waals surface area contributed by atoms with Crippen LogP contribution in [-0.2, 0) is 0 Å². The summed E-state index contributed by atoms with van der Waals surface area (Å²) < 4.78 is 65.8. The number of hydrogen-bond donors (Lipinski definition) is 0. The van der Waals surface area contributed by atoms with E-state index < -0.39 is 18.5 Å². The van der Waals surface area contributed by atoms with Gasteiger partial charge in [-0.1, -0.05) is 0 Å². The molecule has 0 heterocycles. The summed E-state index contributed by atoms with van der Waals surface area (Å²) in [5.74, 6) is 0. The van der Waals surface area contributed by atoms with E-state index in [4.69, 9.17) is 5.11 Å². The van der Waals surface area contributed by atoms with Crippen molar-refractivity contribution in [3.8, 4) is 0 Å². The average molecular weight is 174 g/mol. The third-order valence-corrected chi connectivity index (χ3v) is 0.582. The molecule has 0 aliphatic heterocycles. The van der Waals surface area contributed by atoms with Crippen LogP contribution in [0.2, 0.25) is 0 Å². The van der Waals surface area contributed by atoms with Gasteiger partial charge < -0.3 is 5.11 Å². The predicted octanol–water partition coefficient (Wildman–Crippen LogP) is -2.16. The van der Waals surface area contributed by atoms with Gasteiger partial charge in [-0.3, -0.25) is 0 Å². The molecule has 0 N–H and O–H groups in total. The summed E-state index contributed by atoms with van der Waals surface area (Å²) in [6.45, 7) is 0. The fraction of sp³-hybridized carbons (Fsp3) is 1.00. The summed E-state index contributed by atoms with van der Waals surface area (Å²) in [6, 6.07) is 0. The van der Waals surface area contributed by atoms with Gasteiger partial charge in [0.1, 0.15) is 0 Å².